The Morgan fingerprint density at radius 3 is 2.41 bits per heavy atom. The van der Waals surface area contributed by atoms with Crippen molar-refractivity contribution in [2.24, 2.45) is 5.73 Å². The molecular weight excluding hydrogens is 218 g/mol. The molecule has 102 valence electrons. The Hall–Kier alpha value is -0.650. The van der Waals surface area contributed by atoms with Gasteiger partial charge in [-0.05, 0) is 47.1 Å². The van der Waals surface area contributed by atoms with Crippen molar-refractivity contribution in [1.82, 2.24) is 9.80 Å². The van der Waals surface area contributed by atoms with E-state index in [0.717, 1.165) is 26.1 Å². The maximum Gasteiger partial charge on any atom is 0.324 e. The molecule has 5 heteroatoms. The van der Waals surface area contributed by atoms with E-state index >= 15 is 0 Å². The largest absolute Gasteiger partial charge is 0.465 e. The Bertz CT molecular complexity index is 210. The summed E-state index contributed by atoms with van der Waals surface area (Å²) in [6.07, 6.45) is 1.08. The molecule has 0 aromatic heterocycles. The number of rotatable bonds is 9. The smallest absolute Gasteiger partial charge is 0.324 e. The van der Waals surface area contributed by atoms with E-state index in [1.54, 1.807) is 6.92 Å². The van der Waals surface area contributed by atoms with Gasteiger partial charge in [-0.25, -0.2) is 0 Å². The van der Waals surface area contributed by atoms with Crippen molar-refractivity contribution in [3.63, 3.8) is 0 Å². The molecular formula is C12H27N3O2. The first kappa shape index (κ1) is 16.4. The summed E-state index contributed by atoms with van der Waals surface area (Å²) in [4.78, 5) is 15.7. The first-order chi connectivity index (χ1) is 8.01. The fourth-order valence-electron chi connectivity index (χ4n) is 1.59. The predicted molar refractivity (Wildman–Crippen MR) is 69.9 cm³/mol. The third kappa shape index (κ3) is 8.12. The van der Waals surface area contributed by atoms with E-state index in [1.807, 2.05) is 0 Å². The topological polar surface area (TPSA) is 58.8 Å². The molecule has 0 aromatic carbocycles. The Labute approximate surface area is 105 Å². The summed E-state index contributed by atoms with van der Waals surface area (Å²) in [7, 11) is 4.11. The first-order valence-electron chi connectivity index (χ1n) is 6.30. The number of likely N-dealkylation sites (N-methyl/N-ethyl adjacent to an activating group) is 1. The summed E-state index contributed by atoms with van der Waals surface area (Å²) in [5.41, 5.74) is 5.78. The van der Waals surface area contributed by atoms with E-state index in [1.165, 1.54) is 0 Å². The van der Waals surface area contributed by atoms with Crippen LogP contribution in [0.2, 0.25) is 0 Å². The first-order valence-corrected chi connectivity index (χ1v) is 6.30. The predicted octanol–water partition coefficient (Wildman–Crippen LogP) is 0.150. The van der Waals surface area contributed by atoms with Crippen LogP contribution in [-0.2, 0) is 9.53 Å². The third-order valence-electron chi connectivity index (χ3n) is 2.57. The molecule has 0 amide bonds. The van der Waals surface area contributed by atoms with Crippen molar-refractivity contribution in [2.75, 3.05) is 46.9 Å². The van der Waals surface area contributed by atoms with Gasteiger partial charge in [0.05, 0.1) is 6.61 Å². The number of carbonyl (C=O) groups excluding carboxylic acids is 1. The van der Waals surface area contributed by atoms with Crippen LogP contribution in [0.1, 0.15) is 20.3 Å². The normalized spacial score (nSPS) is 13.1. The fourth-order valence-corrected chi connectivity index (χ4v) is 1.59. The van der Waals surface area contributed by atoms with Gasteiger partial charge < -0.3 is 20.3 Å². The monoisotopic (exact) mass is 245 g/mol. The Kier molecular flexibility index (Phi) is 9.03. The van der Waals surface area contributed by atoms with Gasteiger partial charge in [0.1, 0.15) is 6.04 Å². The molecule has 1 atom stereocenters. The summed E-state index contributed by atoms with van der Waals surface area (Å²) in [6, 6.07) is -0.533. The molecule has 5 nitrogen and oxygen atoms in total. The molecule has 0 aromatic rings. The van der Waals surface area contributed by atoms with E-state index in [4.69, 9.17) is 10.5 Å². The zero-order valence-corrected chi connectivity index (χ0v) is 11.6. The number of nitrogens with two attached hydrogens (primary N) is 1. The number of nitrogens with zero attached hydrogens (tertiary/aromatic N) is 2. The number of carbonyl (C=O) groups is 1. The zero-order chi connectivity index (χ0) is 13.3. The van der Waals surface area contributed by atoms with Crippen molar-refractivity contribution in [3.05, 3.63) is 0 Å². The van der Waals surface area contributed by atoms with Gasteiger partial charge in [-0.2, -0.15) is 0 Å². The van der Waals surface area contributed by atoms with Crippen molar-refractivity contribution in [1.29, 1.82) is 0 Å². The van der Waals surface area contributed by atoms with E-state index in [0.29, 0.717) is 13.2 Å². The van der Waals surface area contributed by atoms with E-state index in [2.05, 4.69) is 30.8 Å². The van der Waals surface area contributed by atoms with Crippen LogP contribution in [0.3, 0.4) is 0 Å². The van der Waals surface area contributed by atoms with Crippen molar-refractivity contribution in [3.8, 4) is 0 Å². The maximum atomic E-state index is 11.4. The number of esters is 1. The lowest BCUT2D eigenvalue weighted by Gasteiger charge is -2.23. The molecule has 0 saturated carbocycles. The number of hydrogen-bond acceptors (Lipinski definition) is 5. The van der Waals surface area contributed by atoms with Crippen LogP contribution < -0.4 is 5.73 Å². The summed E-state index contributed by atoms with van der Waals surface area (Å²) in [6.45, 7) is 7.74. The van der Waals surface area contributed by atoms with Gasteiger partial charge in [-0.1, -0.05) is 6.92 Å². The molecule has 0 spiro atoms. The minimum atomic E-state index is -0.533. The van der Waals surface area contributed by atoms with E-state index < -0.39 is 6.04 Å². The second-order valence-electron chi connectivity index (χ2n) is 4.41. The summed E-state index contributed by atoms with van der Waals surface area (Å²) in [5, 5.41) is 0. The molecule has 0 aliphatic heterocycles. The average molecular weight is 245 g/mol. The highest BCUT2D eigenvalue weighted by Gasteiger charge is 2.17. The lowest BCUT2D eigenvalue weighted by atomic mass is 10.2. The van der Waals surface area contributed by atoms with Crippen LogP contribution in [-0.4, -0.2) is 68.7 Å². The van der Waals surface area contributed by atoms with Crippen LogP contribution in [0.4, 0.5) is 0 Å². The second-order valence-corrected chi connectivity index (χ2v) is 4.41. The molecule has 0 radical (unpaired) electrons. The molecule has 17 heavy (non-hydrogen) atoms. The van der Waals surface area contributed by atoms with Gasteiger partial charge in [0.15, 0.2) is 0 Å². The molecule has 0 heterocycles. The molecule has 0 rings (SSSR count). The van der Waals surface area contributed by atoms with Crippen LogP contribution in [0.5, 0.6) is 0 Å². The molecule has 0 aliphatic carbocycles. The molecule has 0 fully saturated rings. The maximum absolute atomic E-state index is 11.4. The van der Waals surface area contributed by atoms with Gasteiger partial charge in [0, 0.05) is 6.54 Å². The minimum absolute atomic E-state index is 0.307. The van der Waals surface area contributed by atoms with Crippen molar-refractivity contribution < 1.29 is 9.53 Å². The summed E-state index contributed by atoms with van der Waals surface area (Å²) in [5.74, 6) is -0.307. The molecule has 1 unspecified atom stereocenters. The fraction of sp³-hybridized carbons (Fsp3) is 0.917. The van der Waals surface area contributed by atoms with Gasteiger partial charge in [0.2, 0.25) is 0 Å². The van der Waals surface area contributed by atoms with Crippen molar-refractivity contribution in [2.45, 2.75) is 26.3 Å². The minimum Gasteiger partial charge on any atom is -0.465 e. The second kappa shape index (κ2) is 9.39. The van der Waals surface area contributed by atoms with E-state index in [9.17, 15) is 4.79 Å². The lowest BCUT2D eigenvalue weighted by Crippen LogP contribution is -2.44. The highest BCUT2D eigenvalue weighted by molar-refractivity contribution is 5.75. The SMILES string of the molecule is CCOC(=O)C(N)CN(CC)CCCN(C)C. The van der Waals surface area contributed by atoms with E-state index in [-0.39, 0.29) is 5.97 Å². The highest BCUT2D eigenvalue weighted by atomic mass is 16.5. The number of hydrogen-bond donors (Lipinski definition) is 1. The quantitative estimate of drug-likeness (QED) is 0.586. The Balaban J connectivity index is 3.90. The zero-order valence-electron chi connectivity index (χ0n) is 11.6. The van der Waals surface area contributed by atoms with Crippen LogP contribution >= 0.6 is 0 Å². The van der Waals surface area contributed by atoms with Gasteiger partial charge >= 0.3 is 5.97 Å². The third-order valence-corrected chi connectivity index (χ3v) is 2.57. The summed E-state index contributed by atoms with van der Waals surface area (Å²) < 4.78 is 4.89. The molecule has 0 bridgehead atoms. The van der Waals surface area contributed by atoms with Gasteiger partial charge in [0.25, 0.3) is 0 Å². The molecule has 0 saturated heterocycles. The summed E-state index contributed by atoms with van der Waals surface area (Å²) >= 11 is 0. The highest BCUT2D eigenvalue weighted by Crippen LogP contribution is 1.96. The Morgan fingerprint density at radius 2 is 1.94 bits per heavy atom. The van der Waals surface area contributed by atoms with Crippen LogP contribution in [0.25, 0.3) is 0 Å². The van der Waals surface area contributed by atoms with Gasteiger partial charge in [-0.3, -0.25) is 4.79 Å². The molecule has 2 N–H and O–H groups in total. The van der Waals surface area contributed by atoms with Crippen LogP contribution in [0.15, 0.2) is 0 Å². The standard InChI is InChI=1S/C12H27N3O2/c1-5-15(9-7-8-14(3)4)10-11(13)12(16)17-6-2/h11H,5-10,13H2,1-4H3. The molecule has 0 aliphatic rings. The Morgan fingerprint density at radius 1 is 1.29 bits per heavy atom. The van der Waals surface area contributed by atoms with Crippen LogP contribution in [0, 0.1) is 0 Å². The van der Waals surface area contributed by atoms with Gasteiger partial charge in [-0.15, -0.1) is 0 Å². The lowest BCUT2D eigenvalue weighted by molar-refractivity contribution is -0.145. The van der Waals surface area contributed by atoms with Crippen molar-refractivity contribution >= 4 is 5.97 Å². The number of ether oxygens (including phenoxy) is 1. The average Bonchev–Trinajstić information content (AvgIpc) is 2.27.